The zero-order valence-electron chi connectivity index (χ0n) is 17.2. The van der Waals surface area contributed by atoms with Gasteiger partial charge < -0.3 is 18.9 Å². The van der Waals surface area contributed by atoms with Crippen LogP contribution in [0.25, 0.3) is 6.08 Å². The summed E-state index contributed by atoms with van der Waals surface area (Å²) in [6, 6.07) is 5.85. The van der Waals surface area contributed by atoms with Gasteiger partial charge in [0, 0.05) is 12.7 Å². The van der Waals surface area contributed by atoms with Gasteiger partial charge in [-0.15, -0.1) is 4.98 Å². The first kappa shape index (κ1) is 23.8. The SMILES string of the molecule is COCCOc1ccccc1C=CCS(=O)(=O)NC(=O)Nc1nc(OC)nc(OC)n1. The van der Waals surface area contributed by atoms with Crippen LogP contribution in [0.15, 0.2) is 30.3 Å². The number of sulfonamides is 1. The number of nitrogens with one attached hydrogen (secondary N) is 2. The van der Waals surface area contributed by atoms with E-state index in [9.17, 15) is 13.2 Å². The molecule has 0 spiro atoms. The molecule has 1 heterocycles. The number of anilines is 1. The van der Waals surface area contributed by atoms with Crippen molar-refractivity contribution in [1.29, 1.82) is 0 Å². The van der Waals surface area contributed by atoms with Crippen LogP contribution in [0.1, 0.15) is 5.56 Å². The molecular weight excluding hydrogens is 430 g/mol. The lowest BCUT2D eigenvalue weighted by Crippen LogP contribution is -2.36. The molecule has 0 aliphatic rings. The Balaban J connectivity index is 1.97. The molecule has 2 aromatic rings. The van der Waals surface area contributed by atoms with Gasteiger partial charge in [0.05, 0.1) is 26.6 Å². The molecule has 0 saturated heterocycles. The van der Waals surface area contributed by atoms with E-state index in [-0.39, 0.29) is 18.0 Å². The van der Waals surface area contributed by atoms with Gasteiger partial charge in [-0.1, -0.05) is 30.4 Å². The van der Waals surface area contributed by atoms with Crippen LogP contribution in [0.5, 0.6) is 17.8 Å². The highest BCUT2D eigenvalue weighted by Gasteiger charge is 2.16. The zero-order chi connectivity index (χ0) is 22.7. The summed E-state index contributed by atoms with van der Waals surface area (Å²) in [7, 11) is 0.218. The van der Waals surface area contributed by atoms with E-state index >= 15 is 0 Å². The number of rotatable bonds is 11. The summed E-state index contributed by atoms with van der Waals surface area (Å²) >= 11 is 0. The Bertz CT molecular complexity index is 992. The quantitative estimate of drug-likeness (QED) is 0.473. The number of carbonyl (C=O) groups excluding carboxylic acids is 1. The second-order valence-electron chi connectivity index (χ2n) is 5.75. The number of urea groups is 1. The number of hydrogen-bond donors (Lipinski definition) is 2. The van der Waals surface area contributed by atoms with E-state index in [4.69, 9.17) is 18.9 Å². The van der Waals surface area contributed by atoms with Crippen molar-refractivity contribution in [3.63, 3.8) is 0 Å². The van der Waals surface area contributed by atoms with E-state index in [2.05, 4.69) is 20.3 Å². The van der Waals surface area contributed by atoms with Gasteiger partial charge in [-0.3, -0.25) is 5.32 Å². The fourth-order valence-electron chi connectivity index (χ4n) is 2.17. The van der Waals surface area contributed by atoms with Crippen molar-refractivity contribution < 1.29 is 32.2 Å². The first-order valence-corrected chi connectivity index (χ1v) is 10.5. The van der Waals surface area contributed by atoms with E-state index < -0.39 is 21.8 Å². The van der Waals surface area contributed by atoms with Crippen molar-refractivity contribution in [2.75, 3.05) is 45.6 Å². The third-order valence-electron chi connectivity index (χ3n) is 3.51. The van der Waals surface area contributed by atoms with Crippen LogP contribution >= 0.6 is 0 Å². The topological polar surface area (TPSA) is 151 Å². The Kier molecular flexibility index (Phi) is 8.96. The largest absolute Gasteiger partial charge is 0.491 e. The fourth-order valence-corrected chi connectivity index (χ4v) is 2.94. The summed E-state index contributed by atoms with van der Waals surface area (Å²) in [5.74, 6) is -0.109. The smallest absolute Gasteiger partial charge is 0.335 e. The van der Waals surface area contributed by atoms with Crippen LogP contribution in [0.3, 0.4) is 0 Å². The Morgan fingerprint density at radius 1 is 1.03 bits per heavy atom. The minimum absolute atomic E-state index is 0.112. The first-order valence-electron chi connectivity index (χ1n) is 8.89. The highest BCUT2D eigenvalue weighted by atomic mass is 32.2. The standard InChI is InChI=1S/C18H23N5O7S/c1-27-10-11-30-14-9-5-4-7-13(14)8-6-12-31(25,26)23-16(24)19-15-20-17(28-2)22-18(21-15)29-3/h4-9H,10-12H2,1-3H3,(H2,19,20,21,22,23,24). The molecule has 2 N–H and O–H groups in total. The molecule has 168 valence electrons. The lowest BCUT2D eigenvalue weighted by molar-refractivity contribution is 0.146. The van der Waals surface area contributed by atoms with E-state index in [1.54, 1.807) is 37.5 Å². The molecule has 2 amide bonds. The predicted octanol–water partition coefficient (Wildman–Crippen LogP) is 1.08. The average Bonchev–Trinajstić information content (AvgIpc) is 2.74. The highest BCUT2D eigenvalue weighted by molar-refractivity contribution is 7.90. The van der Waals surface area contributed by atoms with Crippen LogP contribution in [-0.2, 0) is 14.8 Å². The fraction of sp³-hybridized carbons (Fsp3) is 0.333. The molecule has 1 aromatic heterocycles. The Labute approximate surface area is 179 Å². The highest BCUT2D eigenvalue weighted by Crippen LogP contribution is 2.19. The molecular formula is C18H23N5O7S. The van der Waals surface area contributed by atoms with Gasteiger partial charge in [-0.25, -0.2) is 17.9 Å². The average molecular weight is 453 g/mol. The van der Waals surface area contributed by atoms with Crippen LogP contribution < -0.4 is 24.2 Å². The first-order chi connectivity index (χ1) is 14.9. The lowest BCUT2D eigenvalue weighted by atomic mass is 10.2. The van der Waals surface area contributed by atoms with Gasteiger partial charge >= 0.3 is 18.1 Å². The predicted molar refractivity (Wildman–Crippen MR) is 112 cm³/mol. The molecule has 0 bridgehead atoms. The molecule has 13 heteroatoms. The molecule has 1 aromatic carbocycles. The van der Waals surface area contributed by atoms with E-state index in [1.807, 2.05) is 4.72 Å². The van der Waals surface area contributed by atoms with Crippen LogP contribution in [-0.4, -0.2) is 69.7 Å². The van der Waals surface area contributed by atoms with Crippen molar-refractivity contribution in [2.45, 2.75) is 0 Å². The van der Waals surface area contributed by atoms with Crippen molar-refractivity contribution in [3.05, 3.63) is 35.9 Å². The number of ether oxygens (including phenoxy) is 4. The van der Waals surface area contributed by atoms with Crippen LogP contribution in [0.2, 0.25) is 0 Å². The summed E-state index contributed by atoms with van der Waals surface area (Å²) in [5, 5.41) is 2.19. The molecule has 0 aliphatic heterocycles. The minimum atomic E-state index is -3.98. The number of aromatic nitrogens is 3. The summed E-state index contributed by atoms with van der Waals surface area (Å²) in [6.45, 7) is 0.776. The van der Waals surface area contributed by atoms with E-state index in [0.29, 0.717) is 24.5 Å². The molecule has 0 atom stereocenters. The maximum atomic E-state index is 12.2. The van der Waals surface area contributed by atoms with Gasteiger partial charge in [0.2, 0.25) is 16.0 Å². The number of hydrogen-bond acceptors (Lipinski definition) is 10. The number of benzene rings is 1. The van der Waals surface area contributed by atoms with Gasteiger partial charge in [-0.05, 0) is 6.07 Å². The van der Waals surface area contributed by atoms with E-state index in [1.165, 1.54) is 20.3 Å². The maximum Gasteiger partial charge on any atom is 0.335 e. The van der Waals surface area contributed by atoms with Gasteiger partial charge in [0.15, 0.2) is 0 Å². The van der Waals surface area contributed by atoms with Crippen molar-refractivity contribution in [1.82, 2.24) is 19.7 Å². The summed E-state index contributed by atoms with van der Waals surface area (Å²) in [4.78, 5) is 23.4. The number of amides is 2. The molecule has 0 unspecified atom stereocenters. The summed E-state index contributed by atoms with van der Waals surface area (Å²) in [5.41, 5.74) is 0.683. The number of methoxy groups -OCH3 is 3. The van der Waals surface area contributed by atoms with E-state index in [0.717, 1.165) is 0 Å². The molecule has 0 aliphatic carbocycles. The Morgan fingerprint density at radius 3 is 2.35 bits per heavy atom. The van der Waals surface area contributed by atoms with Crippen LogP contribution in [0, 0.1) is 0 Å². The second kappa shape index (κ2) is 11.7. The van der Waals surface area contributed by atoms with Gasteiger partial charge in [0.1, 0.15) is 12.4 Å². The third kappa shape index (κ3) is 8.06. The van der Waals surface area contributed by atoms with Crippen molar-refractivity contribution in [3.8, 4) is 17.8 Å². The number of para-hydroxylation sites is 1. The number of carbonyl (C=O) groups is 1. The monoisotopic (exact) mass is 453 g/mol. The molecule has 12 nitrogen and oxygen atoms in total. The summed E-state index contributed by atoms with van der Waals surface area (Å²) < 4.78 is 46.5. The Morgan fingerprint density at radius 2 is 1.71 bits per heavy atom. The third-order valence-corrected chi connectivity index (χ3v) is 4.64. The minimum Gasteiger partial charge on any atom is -0.491 e. The second-order valence-corrected chi connectivity index (χ2v) is 7.52. The number of nitrogens with zero attached hydrogens (tertiary/aromatic N) is 3. The molecule has 0 saturated carbocycles. The van der Waals surface area contributed by atoms with Crippen molar-refractivity contribution in [2.24, 2.45) is 0 Å². The molecule has 0 fully saturated rings. The van der Waals surface area contributed by atoms with Crippen molar-refractivity contribution >= 4 is 28.1 Å². The van der Waals surface area contributed by atoms with Crippen LogP contribution in [0.4, 0.5) is 10.7 Å². The van der Waals surface area contributed by atoms with Gasteiger partial charge in [-0.2, -0.15) is 9.97 Å². The molecule has 0 radical (unpaired) electrons. The normalized spacial score (nSPS) is 11.2. The summed E-state index contributed by atoms with van der Waals surface area (Å²) in [6.07, 6.45) is 2.98. The maximum absolute atomic E-state index is 12.2. The Hall–Kier alpha value is -3.45. The van der Waals surface area contributed by atoms with Gasteiger partial charge in [0.25, 0.3) is 0 Å². The molecule has 31 heavy (non-hydrogen) atoms. The lowest BCUT2D eigenvalue weighted by Gasteiger charge is -2.09. The zero-order valence-corrected chi connectivity index (χ0v) is 18.0. The molecule has 2 rings (SSSR count).